The number of carbonyl (C=O) groups is 1. The third-order valence-electron chi connectivity index (χ3n) is 4.47. The van der Waals surface area contributed by atoms with Crippen molar-refractivity contribution in [2.45, 2.75) is 71.8 Å². The zero-order valence-electron chi connectivity index (χ0n) is 11.2. The second-order valence-corrected chi connectivity index (χ2v) is 6.21. The quantitative estimate of drug-likeness (QED) is 0.798. The molecule has 0 aliphatic heterocycles. The van der Waals surface area contributed by atoms with Crippen LogP contribution in [-0.2, 0) is 4.79 Å². The fraction of sp³-hybridized carbons (Fsp3) is 0.929. The van der Waals surface area contributed by atoms with E-state index in [1.165, 1.54) is 0 Å². The van der Waals surface area contributed by atoms with Crippen LogP contribution in [0.5, 0.6) is 0 Å². The van der Waals surface area contributed by atoms with E-state index < -0.39 is 5.60 Å². The summed E-state index contributed by atoms with van der Waals surface area (Å²) in [6.45, 7) is 8.25. The highest BCUT2D eigenvalue weighted by Gasteiger charge is 2.42. The number of hydrogen-bond donors (Lipinski definition) is 1. The normalized spacial score (nSPS) is 33.7. The lowest BCUT2D eigenvalue weighted by atomic mass is 9.62. The molecule has 16 heavy (non-hydrogen) atoms. The highest BCUT2D eigenvalue weighted by molar-refractivity contribution is 5.75. The number of hydrogen-bond acceptors (Lipinski definition) is 2. The first-order chi connectivity index (χ1) is 7.29. The van der Waals surface area contributed by atoms with Gasteiger partial charge in [-0.1, -0.05) is 20.8 Å². The molecule has 0 bridgehead atoms. The van der Waals surface area contributed by atoms with Gasteiger partial charge in [0.2, 0.25) is 0 Å². The van der Waals surface area contributed by atoms with Crippen molar-refractivity contribution in [3.05, 3.63) is 0 Å². The van der Waals surface area contributed by atoms with Gasteiger partial charge in [0.15, 0.2) is 0 Å². The molecule has 1 aliphatic rings. The van der Waals surface area contributed by atoms with Crippen LogP contribution in [0, 0.1) is 11.3 Å². The third-order valence-corrected chi connectivity index (χ3v) is 4.47. The van der Waals surface area contributed by atoms with Gasteiger partial charge in [0.25, 0.3) is 0 Å². The Morgan fingerprint density at radius 3 is 2.50 bits per heavy atom. The minimum atomic E-state index is -0.475. The van der Waals surface area contributed by atoms with Crippen molar-refractivity contribution in [1.29, 1.82) is 0 Å². The summed E-state index contributed by atoms with van der Waals surface area (Å²) >= 11 is 0. The Bertz CT molecular complexity index is 257. The van der Waals surface area contributed by atoms with Gasteiger partial charge in [-0.15, -0.1) is 0 Å². The lowest BCUT2D eigenvalue weighted by molar-refractivity contribution is -0.118. The van der Waals surface area contributed by atoms with E-state index in [1.54, 1.807) is 6.92 Å². The van der Waals surface area contributed by atoms with Crippen LogP contribution in [0.3, 0.4) is 0 Å². The monoisotopic (exact) mass is 226 g/mol. The summed E-state index contributed by atoms with van der Waals surface area (Å²) in [6.07, 6.45) is 5.27. The average Bonchev–Trinajstić information content (AvgIpc) is 2.20. The van der Waals surface area contributed by atoms with E-state index >= 15 is 0 Å². The molecule has 0 amide bonds. The molecule has 0 spiro atoms. The van der Waals surface area contributed by atoms with Crippen molar-refractivity contribution < 1.29 is 9.90 Å². The van der Waals surface area contributed by atoms with Crippen LogP contribution in [0.15, 0.2) is 0 Å². The maximum Gasteiger partial charge on any atom is 0.129 e. The largest absolute Gasteiger partial charge is 0.390 e. The van der Waals surface area contributed by atoms with Crippen molar-refractivity contribution in [3.63, 3.8) is 0 Å². The molecule has 1 saturated carbocycles. The van der Waals surface area contributed by atoms with E-state index in [9.17, 15) is 9.90 Å². The van der Waals surface area contributed by atoms with Gasteiger partial charge in [0.05, 0.1) is 5.60 Å². The lowest BCUT2D eigenvalue weighted by Gasteiger charge is -2.46. The van der Waals surface area contributed by atoms with Crippen LogP contribution in [0.1, 0.15) is 66.2 Å². The Labute approximate surface area is 99.4 Å². The fourth-order valence-electron chi connectivity index (χ4n) is 2.79. The smallest absolute Gasteiger partial charge is 0.129 e. The summed E-state index contributed by atoms with van der Waals surface area (Å²) < 4.78 is 0. The number of rotatable bonds is 4. The first-order valence-electron chi connectivity index (χ1n) is 6.51. The molecular weight excluding hydrogens is 200 g/mol. The van der Waals surface area contributed by atoms with Gasteiger partial charge in [-0.2, -0.15) is 0 Å². The van der Waals surface area contributed by atoms with Gasteiger partial charge in [0.1, 0.15) is 5.78 Å². The first-order valence-corrected chi connectivity index (χ1v) is 6.51. The van der Waals surface area contributed by atoms with Crippen LogP contribution in [-0.4, -0.2) is 16.5 Å². The zero-order chi connectivity index (χ0) is 12.4. The Hall–Kier alpha value is -0.370. The van der Waals surface area contributed by atoms with Gasteiger partial charge >= 0.3 is 0 Å². The predicted molar refractivity (Wildman–Crippen MR) is 66.3 cm³/mol. The van der Waals surface area contributed by atoms with E-state index in [2.05, 4.69) is 20.8 Å². The predicted octanol–water partition coefficient (Wildman–Crippen LogP) is 3.32. The van der Waals surface area contributed by atoms with Crippen LogP contribution in [0.2, 0.25) is 0 Å². The van der Waals surface area contributed by atoms with E-state index in [4.69, 9.17) is 0 Å². The molecule has 0 heterocycles. The molecule has 2 unspecified atom stereocenters. The zero-order valence-corrected chi connectivity index (χ0v) is 11.2. The Balaban J connectivity index is 2.65. The van der Waals surface area contributed by atoms with E-state index in [-0.39, 0.29) is 11.2 Å². The summed E-state index contributed by atoms with van der Waals surface area (Å²) in [7, 11) is 0. The molecule has 2 nitrogen and oxygen atoms in total. The summed E-state index contributed by atoms with van der Waals surface area (Å²) in [6, 6.07) is 0. The molecule has 0 aromatic carbocycles. The molecule has 0 radical (unpaired) electrons. The van der Waals surface area contributed by atoms with Gasteiger partial charge < -0.3 is 9.90 Å². The molecule has 2 atom stereocenters. The molecule has 0 aromatic rings. The molecule has 0 aromatic heterocycles. The number of aliphatic hydroxyl groups is 1. The van der Waals surface area contributed by atoms with Crippen LogP contribution in [0.4, 0.5) is 0 Å². The molecule has 1 rings (SSSR count). The summed E-state index contributed by atoms with van der Waals surface area (Å²) in [5, 5.41) is 10.4. The standard InChI is InChI=1S/C14H26O2/c1-5-14(16)9-8-13(3,4)12(10-14)7-6-11(2)15/h12,16H,5-10H2,1-4H3. The van der Waals surface area contributed by atoms with E-state index in [1.807, 2.05) is 0 Å². The average molecular weight is 226 g/mol. The van der Waals surface area contributed by atoms with Crippen LogP contribution >= 0.6 is 0 Å². The minimum absolute atomic E-state index is 0.265. The van der Waals surface area contributed by atoms with Crippen molar-refractivity contribution in [3.8, 4) is 0 Å². The first kappa shape index (κ1) is 13.7. The van der Waals surface area contributed by atoms with Crippen LogP contribution in [0.25, 0.3) is 0 Å². The number of carbonyl (C=O) groups excluding carboxylic acids is 1. The maximum atomic E-state index is 11.1. The number of Topliss-reactive ketones (excluding diaryl/α,β-unsaturated/α-hetero) is 1. The lowest BCUT2D eigenvalue weighted by Crippen LogP contribution is -2.42. The van der Waals surface area contributed by atoms with Gasteiger partial charge in [-0.25, -0.2) is 0 Å². The SMILES string of the molecule is CCC1(O)CCC(C)(C)C(CCC(C)=O)C1. The number of ketones is 1. The fourth-order valence-corrected chi connectivity index (χ4v) is 2.79. The van der Waals surface area contributed by atoms with Crippen molar-refractivity contribution >= 4 is 5.78 Å². The van der Waals surface area contributed by atoms with E-state index in [0.717, 1.165) is 32.1 Å². The summed E-state index contributed by atoms with van der Waals surface area (Å²) in [5.41, 5.74) is -0.201. The topological polar surface area (TPSA) is 37.3 Å². The van der Waals surface area contributed by atoms with Gasteiger partial charge in [-0.05, 0) is 50.4 Å². The maximum absolute atomic E-state index is 11.1. The Morgan fingerprint density at radius 2 is 2.00 bits per heavy atom. The van der Waals surface area contributed by atoms with Gasteiger partial charge in [0, 0.05) is 6.42 Å². The van der Waals surface area contributed by atoms with Gasteiger partial charge in [-0.3, -0.25) is 0 Å². The highest BCUT2D eigenvalue weighted by atomic mass is 16.3. The van der Waals surface area contributed by atoms with Crippen molar-refractivity contribution in [1.82, 2.24) is 0 Å². The molecule has 2 heteroatoms. The second-order valence-electron chi connectivity index (χ2n) is 6.21. The third kappa shape index (κ3) is 3.31. The molecular formula is C14H26O2. The highest BCUT2D eigenvalue weighted by Crippen LogP contribution is 2.47. The Kier molecular flexibility index (Phi) is 4.17. The molecule has 1 aliphatic carbocycles. The molecule has 0 saturated heterocycles. The van der Waals surface area contributed by atoms with Crippen molar-refractivity contribution in [2.75, 3.05) is 0 Å². The summed E-state index contributed by atoms with van der Waals surface area (Å²) in [4.78, 5) is 11.1. The molecule has 1 N–H and O–H groups in total. The second kappa shape index (κ2) is 4.87. The van der Waals surface area contributed by atoms with Crippen molar-refractivity contribution in [2.24, 2.45) is 11.3 Å². The molecule has 94 valence electrons. The minimum Gasteiger partial charge on any atom is -0.390 e. The van der Waals surface area contributed by atoms with E-state index in [0.29, 0.717) is 12.3 Å². The van der Waals surface area contributed by atoms with Crippen LogP contribution < -0.4 is 0 Å². The molecule has 1 fully saturated rings. The Morgan fingerprint density at radius 1 is 1.38 bits per heavy atom. The summed E-state index contributed by atoms with van der Waals surface area (Å²) in [5.74, 6) is 0.747.